The molecule has 1 aliphatic rings. The van der Waals surface area contributed by atoms with Gasteiger partial charge >= 0.3 is 5.97 Å². The van der Waals surface area contributed by atoms with Crippen LogP contribution in [0, 0.1) is 0 Å². The minimum Gasteiger partial charge on any atom is -0.481 e. The van der Waals surface area contributed by atoms with E-state index in [2.05, 4.69) is 67.6 Å². The molecule has 0 aliphatic carbocycles. The highest BCUT2D eigenvalue weighted by molar-refractivity contribution is 14.1. The van der Waals surface area contributed by atoms with E-state index in [9.17, 15) is 9.59 Å². The Morgan fingerprint density at radius 1 is 1.15 bits per heavy atom. The van der Waals surface area contributed by atoms with Crippen molar-refractivity contribution in [3.05, 3.63) is 29.8 Å². The van der Waals surface area contributed by atoms with Gasteiger partial charge in [-0.15, -0.1) is 0 Å². The zero-order chi connectivity index (χ0) is 19.4. The minimum absolute atomic E-state index is 0.102. The zero-order valence-electron chi connectivity index (χ0n) is 16.1. The van der Waals surface area contributed by atoms with Crippen LogP contribution in [0.3, 0.4) is 0 Å². The van der Waals surface area contributed by atoms with E-state index in [0.29, 0.717) is 6.42 Å². The molecule has 0 radical (unpaired) electrons. The molecule has 1 unspecified atom stereocenters. The minimum atomic E-state index is -0.721. The summed E-state index contributed by atoms with van der Waals surface area (Å²) >= 11 is 2.45. The van der Waals surface area contributed by atoms with E-state index in [1.807, 2.05) is 4.90 Å². The number of unbranched alkanes of at least 4 members (excludes halogenated alkanes) is 3. The van der Waals surface area contributed by atoms with Gasteiger partial charge in [0.2, 0.25) is 5.91 Å². The van der Waals surface area contributed by atoms with Crippen LogP contribution in [0.2, 0.25) is 0 Å². The Hall–Kier alpha value is -1.11. The van der Waals surface area contributed by atoms with E-state index in [0.717, 1.165) is 44.2 Å². The molecule has 2 rings (SSSR count). The third kappa shape index (κ3) is 5.44. The van der Waals surface area contributed by atoms with Crippen molar-refractivity contribution >= 4 is 40.2 Å². The highest BCUT2D eigenvalue weighted by Gasteiger charge is 2.43. The highest BCUT2D eigenvalue weighted by atomic mass is 127. The number of benzene rings is 1. The van der Waals surface area contributed by atoms with Crippen LogP contribution in [0.4, 0.5) is 5.69 Å². The molecule has 5 heteroatoms. The Bertz CT molecular complexity index is 636. The van der Waals surface area contributed by atoms with Crippen LogP contribution >= 0.6 is 22.6 Å². The first-order valence-corrected chi connectivity index (χ1v) is 10.6. The van der Waals surface area contributed by atoms with Gasteiger partial charge in [0.15, 0.2) is 0 Å². The fraction of sp³-hybridized carbons (Fsp3) is 0.619. The second-order valence-electron chi connectivity index (χ2n) is 8.25. The lowest BCUT2D eigenvalue weighted by Gasteiger charge is -2.34. The number of carboxylic acids is 1. The molecule has 1 aliphatic heterocycles. The molecule has 0 bridgehead atoms. The summed E-state index contributed by atoms with van der Waals surface area (Å²) in [4.78, 5) is 25.1. The van der Waals surface area contributed by atoms with Crippen LogP contribution < -0.4 is 4.90 Å². The van der Waals surface area contributed by atoms with Crippen LogP contribution in [0.25, 0.3) is 0 Å². The predicted octanol–water partition coefficient (Wildman–Crippen LogP) is 5.67. The number of halogens is 1. The number of hydrogen-bond acceptors (Lipinski definition) is 2. The number of aliphatic carboxylic acids is 1. The van der Waals surface area contributed by atoms with E-state index in [1.165, 1.54) is 5.56 Å². The van der Waals surface area contributed by atoms with Crippen molar-refractivity contribution < 1.29 is 14.7 Å². The second-order valence-corrected chi connectivity index (χ2v) is 10.3. The topological polar surface area (TPSA) is 57.6 Å². The SMILES string of the molecule is CC(C)(C)c1ccc(N2C(=O)CCC2(I)CCCCCCC(=O)O)cc1. The van der Waals surface area contributed by atoms with Crippen LogP contribution in [-0.4, -0.2) is 20.5 Å². The third-order valence-electron chi connectivity index (χ3n) is 5.06. The van der Waals surface area contributed by atoms with Gasteiger partial charge in [-0.3, -0.25) is 14.5 Å². The zero-order valence-corrected chi connectivity index (χ0v) is 18.2. The van der Waals surface area contributed by atoms with Crippen LogP contribution in [0.1, 0.15) is 77.7 Å². The second kappa shape index (κ2) is 8.72. The molecule has 26 heavy (non-hydrogen) atoms. The quantitative estimate of drug-likeness (QED) is 0.230. The Balaban J connectivity index is 1.99. The molecule has 1 atom stereocenters. The summed E-state index contributed by atoms with van der Waals surface area (Å²) in [5, 5.41) is 8.70. The van der Waals surface area contributed by atoms with Gasteiger partial charge in [0.05, 0.1) is 3.55 Å². The smallest absolute Gasteiger partial charge is 0.303 e. The van der Waals surface area contributed by atoms with Gasteiger partial charge in [0, 0.05) is 18.5 Å². The molecular formula is C21H30INO3. The van der Waals surface area contributed by atoms with E-state index in [4.69, 9.17) is 5.11 Å². The van der Waals surface area contributed by atoms with Crippen molar-refractivity contribution in [2.75, 3.05) is 4.90 Å². The molecule has 1 saturated heterocycles. The maximum absolute atomic E-state index is 12.5. The van der Waals surface area contributed by atoms with Gasteiger partial charge in [-0.1, -0.05) is 74.8 Å². The molecule has 1 aromatic carbocycles. The molecule has 1 amide bonds. The number of nitrogens with zero attached hydrogens (tertiary/aromatic N) is 1. The van der Waals surface area contributed by atoms with Gasteiger partial charge in [0.25, 0.3) is 0 Å². The lowest BCUT2D eigenvalue weighted by molar-refractivity contribution is -0.137. The number of anilines is 1. The van der Waals surface area contributed by atoms with Gasteiger partial charge in [-0.2, -0.15) is 0 Å². The molecule has 4 nitrogen and oxygen atoms in total. The molecule has 1 aromatic rings. The number of amides is 1. The number of carboxylic acid groups (broad SMARTS) is 1. The average Bonchev–Trinajstić information content (AvgIpc) is 2.85. The molecular weight excluding hydrogens is 441 g/mol. The monoisotopic (exact) mass is 471 g/mol. The van der Waals surface area contributed by atoms with Crippen LogP contribution in [0.5, 0.6) is 0 Å². The number of rotatable bonds is 8. The number of hydrogen-bond donors (Lipinski definition) is 1. The largest absolute Gasteiger partial charge is 0.481 e. The molecule has 1 fully saturated rings. The van der Waals surface area contributed by atoms with E-state index >= 15 is 0 Å². The van der Waals surface area contributed by atoms with E-state index < -0.39 is 5.97 Å². The van der Waals surface area contributed by atoms with Crippen molar-refractivity contribution in [1.82, 2.24) is 0 Å². The van der Waals surface area contributed by atoms with E-state index in [1.54, 1.807) is 0 Å². The van der Waals surface area contributed by atoms with Crippen molar-refractivity contribution in [3.8, 4) is 0 Å². The summed E-state index contributed by atoms with van der Waals surface area (Å²) < 4.78 is -0.162. The van der Waals surface area contributed by atoms with Gasteiger partial charge in [0.1, 0.15) is 0 Å². The van der Waals surface area contributed by atoms with Crippen LogP contribution in [0.15, 0.2) is 24.3 Å². The standard InChI is InChI=1S/C21H30INO3/c1-20(2,3)16-9-11-17(12-10-16)23-18(24)13-15-21(23,22)14-7-5-4-6-8-19(25)26/h9-12H,4-8,13-15H2,1-3H3,(H,25,26). The van der Waals surface area contributed by atoms with Crippen molar-refractivity contribution in [3.63, 3.8) is 0 Å². The molecule has 0 saturated carbocycles. The molecule has 1 N–H and O–H groups in total. The van der Waals surface area contributed by atoms with Gasteiger partial charge in [-0.05, 0) is 42.4 Å². The maximum Gasteiger partial charge on any atom is 0.303 e. The van der Waals surface area contributed by atoms with Gasteiger partial charge in [-0.25, -0.2) is 0 Å². The van der Waals surface area contributed by atoms with E-state index in [-0.39, 0.29) is 21.3 Å². The fourth-order valence-corrected chi connectivity index (χ4v) is 4.69. The Morgan fingerprint density at radius 3 is 2.35 bits per heavy atom. The first-order chi connectivity index (χ1) is 12.1. The normalized spacial score (nSPS) is 20.6. The molecule has 0 aromatic heterocycles. The predicted molar refractivity (Wildman–Crippen MR) is 114 cm³/mol. The average molecular weight is 471 g/mol. The number of alkyl halides is 1. The number of carbonyl (C=O) groups is 2. The molecule has 1 heterocycles. The fourth-order valence-electron chi connectivity index (χ4n) is 3.49. The Labute approximate surface area is 170 Å². The maximum atomic E-state index is 12.5. The summed E-state index contributed by atoms with van der Waals surface area (Å²) in [6.07, 6.45) is 6.39. The summed E-state index contributed by atoms with van der Waals surface area (Å²) in [6.45, 7) is 6.57. The highest BCUT2D eigenvalue weighted by Crippen LogP contribution is 2.44. The van der Waals surface area contributed by atoms with Crippen LogP contribution in [-0.2, 0) is 15.0 Å². The first kappa shape index (κ1) is 21.2. The lowest BCUT2D eigenvalue weighted by Crippen LogP contribution is -2.40. The summed E-state index contributed by atoms with van der Waals surface area (Å²) in [6, 6.07) is 8.40. The lowest BCUT2D eigenvalue weighted by atomic mass is 9.87. The van der Waals surface area contributed by atoms with Gasteiger partial charge < -0.3 is 5.11 Å². The summed E-state index contributed by atoms with van der Waals surface area (Å²) in [5.74, 6) is -0.518. The first-order valence-electron chi connectivity index (χ1n) is 9.48. The Kier molecular flexibility index (Phi) is 7.11. The van der Waals surface area contributed by atoms with Crippen molar-refractivity contribution in [2.45, 2.75) is 81.1 Å². The van der Waals surface area contributed by atoms with Crippen molar-refractivity contribution in [1.29, 1.82) is 0 Å². The molecule has 0 spiro atoms. The third-order valence-corrected chi connectivity index (χ3v) is 6.63. The Morgan fingerprint density at radius 2 is 1.77 bits per heavy atom. The molecule has 144 valence electrons. The van der Waals surface area contributed by atoms with Crippen molar-refractivity contribution in [2.24, 2.45) is 0 Å². The summed E-state index contributed by atoms with van der Waals surface area (Å²) in [5.41, 5.74) is 2.36. The number of carbonyl (C=O) groups excluding carboxylic acids is 1. The summed E-state index contributed by atoms with van der Waals surface area (Å²) in [7, 11) is 0.